The van der Waals surface area contributed by atoms with Gasteiger partial charge in [0.1, 0.15) is 0 Å². The predicted octanol–water partition coefficient (Wildman–Crippen LogP) is 4.85. The first-order chi connectivity index (χ1) is 11.9. The van der Waals surface area contributed by atoms with Gasteiger partial charge in [-0.15, -0.1) is 0 Å². The van der Waals surface area contributed by atoms with Crippen LogP contribution < -0.4 is 0 Å². The SMILES string of the molecule is C1=CC[As]2C=CC=CC2=C1.b1c2ccccc2bc2ccccc12. The third-order valence-electron chi connectivity index (χ3n) is 4.29. The van der Waals surface area contributed by atoms with Crippen LogP contribution in [0, 0.1) is 0 Å². The zero-order chi connectivity index (χ0) is 16.2. The van der Waals surface area contributed by atoms with Crippen molar-refractivity contribution >= 4 is 49.6 Å². The molecular formula is C21H17AsB2. The van der Waals surface area contributed by atoms with Crippen LogP contribution in [0.4, 0.5) is 0 Å². The second kappa shape index (κ2) is 7.32. The molecule has 2 aromatic carbocycles. The van der Waals surface area contributed by atoms with E-state index in [0.717, 1.165) is 0 Å². The second-order valence-electron chi connectivity index (χ2n) is 5.92. The molecule has 0 radical (unpaired) electrons. The fourth-order valence-electron chi connectivity index (χ4n) is 3.03. The van der Waals surface area contributed by atoms with Gasteiger partial charge in [-0.3, -0.25) is 0 Å². The summed E-state index contributed by atoms with van der Waals surface area (Å²) < 4.78 is 1.59. The number of benzene rings is 2. The molecular weight excluding hydrogens is 349 g/mol. The van der Waals surface area contributed by atoms with E-state index in [1.54, 1.807) is 4.36 Å². The van der Waals surface area contributed by atoms with Crippen LogP contribution in [0.2, 0.25) is 5.21 Å². The van der Waals surface area contributed by atoms with Gasteiger partial charge in [0, 0.05) is 0 Å². The van der Waals surface area contributed by atoms with Crippen molar-refractivity contribution in [1.29, 1.82) is 0 Å². The topological polar surface area (TPSA) is 0 Å². The summed E-state index contributed by atoms with van der Waals surface area (Å²) in [7, 11) is 0. The summed E-state index contributed by atoms with van der Waals surface area (Å²) in [6, 6.07) is 16.9. The van der Waals surface area contributed by atoms with Crippen molar-refractivity contribution in [2.24, 2.45) is 0 Å². The Hall–Kier alpha value is -1.91. The first-order valence-electron chi connectivity index (χ1n) is 8.26. The van der Waals surface area contributed by atoms with Gasteiger partial charge in [0.25, 0.3) is 0 Å². The van der Waals surface area contributed by atoms with Crippen LogP contribution in [0.3, 0.4) is 0 Å². The molecule has 1 atom stereocenters. The Morgan fingerprint density at radius 1 is 0.708 bits per heavy atom. The van der Waals surface area contributed by atoms with Gasteiger partial charge >= 0.3 is 149 Å². The van der Waals surface area contributed by atoms with Crippen LogP contribution >= 0.6 is 0 Å². The van der Waals surface area contributed by atoms with E-state index in [2.05, 4.69) is 104 Å². The average molecular weight is 366 g/mol. The number of allylic oxidation sites excluding steroid dienone is 7. The molecule has 0 amide bonds. The molecule has 0 saturated carbocycles. The van der Waals surface area contributed by atoms with E-state index in [-0.39, 0.29) is 0 Å². The summed E-state index contributed by atoms with van der Waals surface area (Å²) in [6.07, 6.45) is 13.3. The number of hydrogen-bond acceptors (Lipinski definition) is 0. The second-order valence-corrected chi connectivity index (χ2v) is 10.4. The molecule has 0 bridgehead atoms. The fraction of sp³-hybridized carbons (Fsp3) is 0.0476. The van der Waals surface area contributed by atoms with E-state index >= 15 is 0 Å². The summed E-state index contributed by atoms with van der Waals surface area (Å²) in [5.74, 6) is 0. The van der Waals surface area contributed by atoms with Crippen molar-refractivity contribution in [2.45, 2.75) is 5.21 Å². The van der Waals surface area contributed by atoms with Crippen LogP contribution in [0.1, 0.15) is 0 Å². The molecule has 5 rings (SSSR count). The van der Waals surface area contributed by atoms with Crippen molar-refractivity contribution in [3.05, 3.63) is 94.2 Å². The van der Waals surface area contributed by atoms with Gasteiger partial charge in [-0.2, -0.15) is 0 Å². The molecule has 1 unspecified atom stereocenters. The molecule has 3 aromatic rings. The van der Waals surface area contributed by atoms with Crippen molar-refractivity contribution < 1.29 is 0 Å². The molecule has 0 N–H and O–H groups in total. The minimum absolute atomic E-state index is 0.691. The predicted molar refractivity (Wildman–Crippen MR) is 110 cm³/mol. The quantitative estimate of drug-likeness (QED) is 0.394. The molecule has 24 heavy (non-hydrogen) atoms. The molecule has 0 fully saturated rings. The molecule has 3 heteroatoms. The molecule has 3 heterocycles. The average Bonchev–Trinajstić information content (AvgIpc) is 2.67. The molecule has 2 aliphatic rings. The minimum atomic E-state index is -0.691. The Labute approximate surface area is 149 Å². The normalized spacial score (nSPS) is 17.7. The maximum atomic E-state index is 2.41. The first kappa shape index (κ1) is 15.6. The van der Waals surface area contributed by atoms with Crippen LogP contribution in [0.15, 0.2) is 94.2 Å². The molecule has 112 valence electrons. The van der Waals surface area contributed by atoms with E-state index in [9.17, 15) is 0 Å². The summed E-state index contributed by atoms with van der Waals surface area (Å²) >= 11 is -0.691. The van der Waals surface area contributed by atoms with E-state index < -0.39 is 14.7 Å². The first-order valence-corrected chi connectivity index (χ1v) is 11.6. The Morgan fingerprint density at radius 2 is 1.29 bits per heavy atom. The molecule has 0 nitrogen and oxygen atoms in total. The van der Waals surface area contributed by atoms with Crippen LogP contribution in [-0.2, 0) is 0 Å². The van der Waals surface area contributed by atoms with Gasteiger partial charge in [-0.1, -0.05) is 0 Å². The standard InChI is InChI=1S/C12H8B2.C9H9As/c1-2-6-10-9(5-1)13-11-7-3-4-8-12(11)14-10;1-3-7-10-8-4-2-6-9(10)5-1/h1-8H;1-7H,8H2. The molecule has 0 saturated heterocycles. The Morgan fingerprint density at radius 3 is 1.83 bits per heavy atom. The van der Waals surface area contributed by atoms with Gasteiger partial charge in [-0.05, 0) is 0 Å². The van der Waals surface area contributed by atoms with Crippen LogP contribution in [0.5, 0.6) is 0 Å². The summed E-state index contributed by atoms with van der Waals surface area (Å²) in [6.45, 7) is 4.48. The summed E-state index contributed by atoms with van der Waals surface area (Å²) in [5.41, 5.74) is 0. The Balaban J connectivity index is 0.000000129. The van der Waals surface area contributed by atoms with E-state index in [4.69, 9.17) is 0 Å². The fourth-order valence-corrected chi connectivity index (χ4v) is 6.63. The monoisotopic (exact) mass is 366 g/mol. The zero-order valence-electron chi connectivity index (χ0n) is 13.5. The summed E-state index contributed by atoms with van der Waals surface area (Å²) in [5, 5.41) is 6.56. The van der Waals surface area contributed by atoms with E-state index in [0.29, 0.717) is 0 Å². The van der Waals surface area contributed by atoms with Crippen molar-refractivity contribution in [2.75, 3.05) is 0 Å². The maximum absolute atomic E-state index is 2.41. The number of rotatable bonds is 0. The van der Waals surface area contributed by atoms with Gasteiger partial charge in [0.15, 0.2) is 0 Å². The molecule has 1 aromatic heterocycles. The third kappa shape index (κ3) is 3.45. The van der Waals surface area contributed by atoms with Gasteiger partial charge < -0.3 is 0 Å². The van der Waals surface area contributed by atoms with Gasteiger partial charge in [0.05, 0.1) is 0 Å². The Kier molecular flexibility index (Phi) is 4.76. The van der Waals surface area contributed by atoms with Crippen molar-refractivity contribution in [3.63, 3.8) is 0 Å². The van der Waals surface area contributed by atoms with Crippen molar-refractivity contribution in [3.8, 4) is 0 Å². The number of hydrogen-bond donors (Lipinski definition) is 0. The third-order valence-corrected chi connectivity index (χ3v) is 8.70. The van der Waals surface area contributed by atoms with Crippen LogP contribution in [0.25, 0.3) is 21.1 Å². The zero-order valence-corrected chi connectivity index (χ0v) is 15.3. The molecule has 2 aliphatic heterocycles. The summed E-state index contributed by atoms with van der Waals surface area (Å²) in [4.78, 5) is 2.41. The Bertz CT molecular complexity index is 894. The van der Waals surface area contributed by atoms with Crippen molar-refractivity contribution in [1.82, 2.24) is 0 Å². The van der Waals surface area contributed by atoms with Crippen LogP contribution in [-0.4, -0.2) is 28.5 Å². The van der Waals surface area contributed by atoms with Gasteiger partial charge in [0.2, 0.25) is 0 Å². The van der Waals surface area contributed by atoms with E-state index in [1.165, 1.54) is 26.3 Å². The number of fused-ring (bicyclic) bond motifs is 3. The van der Waals surface area contributed by atoms with E-state index in [1.807, 2.05) is 0 Å². The van der Waals surface area contributed by atoms with Gasteiger partial charge in [-0.25, -0.2) is 0 Å². The molecule has 0 aliphatic carbocycles. The molecule has 0 spiro atoms.